The van der Waals surface area contributed by atoms with Gasteiger partial charge in [0.2, 0.25) is 0 Å². The Morgan fingerprint density at radius 1 is 1.77 bits per heavy atom. The van der Waals surface area contributed by atoms with Gasteiger partial charge in [0.15, 0.2) is 5.69 Å². The van der Waals surface area contributed by atoms with Gasteiger partial charge in [0, 0.05) is 6.20 Å². The van der Waals surface area contributed by atoms with Gasteiger partial charge in [-0.3, -0.25) is 0 Å². The van der Waals surface area contributed by atoms with Gasteiger partial charge in [-0.2, -0.15) is 5.26 Å². The molecule has 1 aromatic rings. The number of pyridine rings is 1. The van der Waals surface area contributed by atoms with E-state index in [1.807, 2.05) is 0 Å². The third-order valence-electron chi connectivity index (χ3n) is 1.40. The molecule has 0 amide bonds. The Labute approximate surface area is 73.6 Å². The lowest BCUT2D eigenvalue weighted by Gasteiger charge is -2.00. The number of nitriles is 1. The Hall–Kier alpha value is -1.96. The topological polar surface area (TPSA) is 63.0 Å². The summed E-state index contributed by atoms with van der Waals surface area (Å²) < 4.78 is 17.3. The molecule has 66 valence electrons. The second-order valence-electron chi connectivity index (χ2n) is 2.12. The number of esters is 1. The Morgan fingerprint density at radius 2 is 2.46 bits per heavy atom. The standard InChI is InChI=1S/C8H5FN2O2/c1-13-8(12)7-5(9)2-3-11-6(7)4-10/h2-3H,1H3. The molecule has 1 rings (SSSR count). The van der Waals surface area contributed by atoms with E-state index >= 15 is 0 Å². The van der Waals surface area contributed by atoms with E-state index in [1.54, 1.807) is 6.07 Å². The summed E-state index contributed by atoms with van der Waals surface area (Å²) in [6.45, 7) is 0. The number of methoxy groups -OCH3 is 1. The first-order valence-corrected chi connectivity index (χ1v) is 3.33. The molecule has 4 nitrogen and oxygen atoms in total. The van der Waals surface area contributed by atoms with Gasteiger partial charge in [0.25, 0.3) is 0 Å². The van der Waals surface area contributed by atoms with Crippen molar-refractivity contribution < 1.29 is 13.9 Å². The molecule has 1 aromatic heterocycles. The maximum atomic E-state index is 13.0. The molecular weight excluding hydrogens is 175 g/mol. The number of aromatic nitrogens is 1. The second-order valence-corrected chi connectivity index (χ2v) is 2.12. The smallest absolute Gasteiger partial charge is 0.343 e. The van der Waals surface area contributed by atoms with Crippen LogP contribution in [-0.4, -0.2) is 18.1 Å². The number of nitrogens with zero attached hydrogens (tertiary/aromatic N) is 2. The monoisotopic (exact) mass is 180 g/mol. The maximum absolute atomic E-state index is 13.0. The van der Waals surface area contributed by atoms with Crippen molar-refractivity contribution in [3.63, 3.8) is 0 Å². The highest BCUT2D eigenvalue weighted by molar-refractivity contribution is 5.91. The number of carbonyl (C=O) groups excluding carboxylic acids is 1. The van der Waals surface area contributed by atoms with E-state index in [1.165, 1.54) is 0 Å². The Bertz CT molecular complexity index is 384. The molecular formula is C8H5FN2O2. The fourth-order valence-corrected chi connectivity index (χ4v) is 0.819. The van der Waals surface area contributed by atoms with Crippen LogP contribution in [0.1, 0.15) is 16.1 Å². The summed E-state index contributed by atoms with van der Waals surface area (Å²) in [4.78, 5) is 14.5. The summed E-state index contributed by atoms with van der Waals surface area (Å²) in [5, 5.41) is 8.50. The normalized spacial score (nSPS) is 9.00. The Balaban J connectivity index is 3.33. The van der Waals surface area contributed by atoms with E-state index in [2.05, 4.69) is 9.72 Å². The first-order chi connectivity index (χ1) is 6.20. The van der Waals surface area contributed by atoms with E-state index < -0.39 is 17.3 Å². The molecule has 1 heterocycles. The molecule has 0 spiro atoms. The molecule has 0 fully saturated rings. The number of halogens is 1. The van der Waals surface area contributed by atoms with Gasteiger partial charge in [-0.05, 0) is 6.07 Å². The average molecular weight is 180 g/mol. The van der Waals surface area contributed by atoms with Crippen LogP contribution in [0.5, 0.6) is 0 Å². The number of hydrogen-bond acceptors (Lipinski definition) is 4. The lowest BCUT2D eigenvalue weighted by molar-refractivity contribution is 0.0594. The minimum absolute atomic E-state index is 0.271. The summed E-state index contributed by atoms with van der Waals surface area (Å²) in [5.41, 5.74) is -0.695. The lowest BCUT2D eigenvalue weighted by atomic mass is 10.2. The molecule has 0 radical (unpaired) electrons. The van der Waals surface area contributed by atoms with Crippen molar-refractivity contribution >= 4 is 5.97 Å². The van der Waals surface area contributed by atoms with Crippen molar-refractivity contribution in [2.75, 3.05) is 7.11 Å². The fraction of sp³-hybridized carbons (Fsp3) is 0.125. The van der Waals surface area contributed by atoms with Crippen molar-refractivity contribution in [1.29, 1.82) is 5.26 Å². The quantitative estimate of drug-likeness (QED) is 0.602. The van der Waals surface area contributed by atoms with Gasteiger partial charge < -0.3 is 4.74 Å². The highest BCUT2D eigenvalue weighted by Crippen LogP contribution is 2.10. The zero-order valence-electron chi connectivity index (χ0n) is 6.74. The molecule has 0 saturated carbocycles. The summed E-state index contributed by atoms with van der Waals surface area (Å²) in [7, 11) is 1.11. The predicted octanol–water partition coefficient (Wildman–Crippen LogP) is 0.879. The van der Waals surface area contributed by atoms with Crippen LogP contribution in [0.25, 0.3) is 0 Å². The summed E-state index contributed by atoms with van der Waals surface area (Å²) in [6.07, 6.45) is 1.11. The molecule has 0 aliphatic heterocycles. The molecule has 0 N–H and O–H groups in total. The number of ether oxygens (including phenoxy) is 1. The highest BCUT2D eigenvalue weighted by atomic mass is 19.1. The summed E-state index contributed by atoms with van der Waals surface area (Å²) >= 11 is 0. The molecule has 5 heteroatoms. The van der Waals surface area contributed by atoms with Crippen LogP contribution in [0.4, 0.5) is 4.39 Å². The SMILES string of the molecule is COC(=O)c1c(F)ccnc1C#N. The molecule has 0 aliphatic carbocycles. The Kier molecular flexibility index (Phi) is 2.55. The predicted molar refractivity (Wildman–Crippen MR) is 40.2 cm³/mol. The van der Waals surface area contributed by atoms with Gasteiger partial charge in [-0.15, -0.1) is 0 Å². The summed E-state index contributed by atoms with van der Waals surface area (Å²) in [6, 6.07) is 2.59. The third kappa shape index (κ3) is 1.62. The molecule has 0 atom stereocenters. The maximum Gasteiger partial charge on any atom is 0.343 e. The van der Waals surface area contributed by atoms with Crippen LogP contribution < -0.4 is 0 Å². The van der Waals surface area contributed by atoms with Crippen molar-refractivity contribution in [3.05, 3.63) is 29.3 Å². The van der Waals surface area contributed by atoms with Gasteiger partial charge in [0.1, 0.15) is 17.4 Å². The summed E-state index contributed by atoms with van der Waals surface area (Å²) in [5.74, 6) is -1.71. The highest BCUT2D eigenvalue weighted by Gasteiger charge is 2.17. The molecule has 0 unspecified atom stereocenters. The minimum atomic E-state index is -0.901. The van der Waals surface area contributed by atoms with E-state index in [0.29, 0.717) is 0 Å². The van der Waals surface area contributed by atoms with E-state index in [-0.39, 0.29) is 5.69 Å². The molecule has 0 bridgehead atoms. The fourth-order valence-electron chi connectivity index (χ4n) is 0.819. The largest absolute Gasteiger partial charge is 0.465 e. The van der Waals surface area contributed by atoms with E-state index in [0.717, 1.165) is 19.4 Å². The molecule has 0 saturated heterocycles. The zero-order valence-corrected chi connectivity index (χ0v) is 6.74. The second kappa shape index (κ2) is 3.63. The van der Waals surface area contributed by atoms with Gasteiger partial charge >= 0.3 is 5.97 Å². The van der Waals surface area contributed by atoms with Crippen molar-refractivity contribution in [2.24, 2.45) is 0 Å². The van der Waals surface area contributed by atoms with E-state index in [4.69, 9.17) is 5.26 Å². The number of rotatable bonds is 1. The van der Waals surface area contributed by atoms with E-state index in [9.17, 15) is 9.18 Å². The Morgan fingerprint density at radius 3 is 3.00 bits per heavy atom. The van der Waals surface area contributed by atoms with Crippen LogP contribution in [0.2, 0.25) is 0 Å². The number of carbonyl (C=O) groups is 1. The van der Waals surface area contributed by atoms with Gasteiger partial charge in [-0.1, -0.05) is 0 Å². The molecule has 13 heavy (non-hydrogen) atoms. The third-order valence-corrected chi connectivity index (χ3v) is 1.40. The minimum Gasteiger partial charge on any atom is -0.465 e. The van der Waals surface area contributed by atoms with Crippen molar-refractivity contribution in [3.8, 4) is 6.07 Å². The lowest BCUT2D eigenvalue weighted by Crippen LogP contribution is -2.08. The van der Waals surface area contributed by atoms with Crippen LogP contribution in [-0.2, 0) is 4.74 Å². The molecule has 0 aliphatic rings. The van der Waals surface area contributed by atoms with Crippen LogP contribution >= 0.6 is 0 Å². The van der Waals surface area contributed by atoms with Gasteiger partial charge in [0.05, 0.1) is 7.11 Å². The van der Waals surface area contributed by atoms with Gasteiger partial charge in [-0.25, -0.2) is 14.2 Å². The van der Waals surface area contributed by atoms with Crippen molar-refractivity contribution in [2.45, 2.75) is 0 Å². The van der Waals surface area contributed by atoms with Crippen molar-refractivity contribution in [1.82, 2.24) is 4.98 Å². The number of hydrogen-bond donors (Lipinski definition) is 0. The zero-order chi connectivity index (χ0) is 9.84. The first kappa shape index (κ1) is 9.13. The van der Waals surface area contributed by atoms with Crippen LogP contribution in [0.3, 0.4) is 0 Å². The molecule has 0 aromatic carbocycles. The van der Waals surface area contributed by atoms with Crippen LogP contribution in [0, 0.1) is 17.1 Å². The first-order valence-electron chi connectivity index (χ1n) is 3.33. The van der Waals surface area contributed by atoms with Crippen LogP contribution in [0.15, 0.2) is 12.3 Å². The average Bonchev–Trinajstić information content (AvgIpc) is 2.16.